The zero-order chi connectivity index (χ0) is 13.4. The summed E-state index contributed by atoms with van der Waals surface area (Å²) in [5, 5.41) is 9.17. The van der Waals surface area contributed by atoms with Gasteiger partial charge in [0.25, 0.3) is 0 Å². The van der Waals surface area contributed by atoms with Crippen LogP contribution in [0.4, 0.5) is 0 Å². The van der Waals surface area contributed by atoms with Gasteiger partial charge in [0, 0.05) is 21.3 Å². The molecule has 0 unspecified atom stereocenters. The lowest BCUT2D eigenvalue weighted by Crippen LogP contribution is -3.00. The van der Waals surface area contributed by atoms with Crippen LogP contribution >= 0.6 is 0 Å². The maximum absolute atomic E-state index is 9.17. The highest BCUT2D eigenvalue weighted by atomic mass is 35.5. The fourth-order valence-electron chi connectivity index (χ4n) is 2.11. The molecule has 18 heavy (non-hydrogen) atoms. The molecule has 0 atom stereocenters. The predicted molar refractivity (Wildman–Crippen MR) is 69.8 cm³/mol. The third-order valence-electron chi connectivity index (χ3n) is 3.74. The maximum atomic E-state index is 9.17. The van der Waals surface area contributed by atoms with Gasteiger partial charge < -0.3 is 35.3 Å². The minimum absolute atomic E-state index is 0. The van der Waals surface area contributed by atoms with E-state index in [1.54, 1.807) is 21.3 Å². The number of aliphatic hydroxyl groups is 1. The predicted octanol–water partition coefficient (Wildman–Crippen LogP) is -2.28. The minimum Gasteiger partial charge on any atom is -1.00 e. The van der Waals surface area contributed by atoms with Crippen LogP contribution in [0, 0.1) is 0 Å². The second-order valence-corrected chi connectivity index (χ2v) is 7.28. The highest BCUT2D eigenvalue weighted by molar-refractivity contribution is 6.60. The number of hydrogen-bond donors (Lipinski definition) is 1. The quantitative estimate of drug-likeness (QED) is 0.365. The summed E-state index contributed by atoms with van der Waals surface area (Å²) in [6.45, 7) is 8.19. The van der Waals surface area contributed by atoms with Gasteiger partial charge >= 0.3 is 8.80 Å². The van der Waals surface area contributed by atoms with Crippen molar-refractivity contribution in [3.8, 4) is 0 Å². The van der Waals surface area contributed by atoms with Crippen LogP contribution in [-0.2, 0) is 13.3 Å². The molecule has 0 spiro atoms. The number of likely N-dealkylation sites (N-methyl/N-ethyl adjacent to an activating group) is 1. The average molecular weight is 302 g/mol. The fourth-order valence-corrected chi connectivity index (χ4v) is 3.97. The summed E-state index contributed by atoms with van der Waals surface area (Å²) < 4.78 is 17.1. The summed E-state index contributed by atoms with van der Waals surface area (Å²) in [4.78, 5) is 0. The number of rotatable bonds is 10. The van der Waals surface area contributed by atoms with Crippen LogP contribution in [0.5, 0.6) is 0 Å². The van der Waals surface area contributed by atoms with Gasteiger partial charge in [-0.3, -0.25) is 0 Å². The van der Waals surface area contributed by atoms with E-state index in [1.165, 1.54) is 0 Å². The molecule has 0 heterocycles. The summed E-state index contributed by atoms with van der Waals surface area (Å²) in [6, 6.07) is 0.776. The SMILES string of the molecule is CC[N+](CC)(CCO)CC[Si](OC)(OC)OC.[Cl-]. The Balaban J connectivity index is 0. The van der Waals surface area contributed by atoms with Crippen LogP contribution in [-0.4, -0.2) is 72.5 Å². The molecular formula is C11H28ClNO4Si. The van der Waals surface area contributed by atoms with Crippen molar-refractivity contribution >= 4 is 8.80 Å². The number of quaternary nitrogens is 1. The van der Waals surface area contributed by atoms with Crippen molar-refractivity contribution in [1.82, 2.24) is 0 Å². The van der Waals surface area contributed by atoms with Gasteiger partial charge in [-0.2, -0.15) is 0 Å². The minimum atomic E-state index is -2.49. The fraction of sp³-hybridized carbons (Fsp3) is 1.00. The molecular weight excluding hydrogens is 274 g/mol. The first-order valence-corrected chi connectivity index (χ1v) is 8.12. The van der Waals surface area contributed by atoms with E-state index in [1.807, 2.05) is 0 Å². The van der Waals surface area contributed by atoms with Crippen molar-refractivity contribution in [2.75, 3.05) is 54.1 Å². The number of halogens is 1. The molecule has 0 fully saturated rings. The third-order valence-corrected chi connectivity index (χ3v) is 6.44. The molecule has 0 amide bonds. The van der Waals surface area contributed by atoms with Gasteiger partial charge in [0.15, 0.2) is 0 Å². The first kappa shape index (κ1) is 20.6. The molecule has 0 aliphatic rings. The second kappa shape index (κ2) is 10.1. The van der Waals surface area contributed by atoms with E-state index in [4.69, 9.17) is 18.4 Å². The zero-order valence-electron chi connectivity index (χ0n) is 12.2. The van der Waals surface area contributed by atoms with Gasteiger partial charge in [0.2, 0.25) is 0 Å². The van der Waals surface area contributed by atoms with Crippen molar-refractivity contribution in [2.45, 2.75) is 19.9 Å². The van der Waals surface area contributed by atoms with E-state index in [-0.39, 0.29) is 19.0 Å². The van der Waals surface area contributed by atoms with E-state index in [0.717, 1.165) is 36.7 Å². The Hall–Kier alpha value is 0.307. The molecule has 0 bridgehead atoms. The topological polar surface area (TPSA) is 47.9 Å². The first-order valence-electron chi connectivity index (χ1n) is 6.19. The van der Waals surface area contributed by atoms with Crippen LogP contribution in [0.3, 0.4) is 0 Å². The van der Waals surface area contributed by atoms with Crippen molar-refractivity contribution < 1.29 is 35.3 Å². The molecule has 0 saturated carbocycles. The monoisotopic (exact) mass is 301 g/mol. The summed E-state index contributed by atoms with van der Waals surface area (Å²) in [5.74, 6) is 0. The Morgan fingerprint density at radius 2 is 1.39 bits per heavy atom. The third kappa shape index (κ3) is 5.52. The smallest absolute Gasteiger partial charge is 0.505 e. The average Bonchev–Trinajstić information content (AvgIpc) is 2.39. The Bertz CT molecular complexity index is 193. The molecule has 0 aromatic rings. The summed E-state index contributed by atoms with van der Waals surface area (Å²) in [6.07, 6.45) is 0. The Morgan fingerprint density at radius 3 is 1.67 bits per heavy atom. The molecule has 0 aromatic heterocycles. The van der Waals surface area contributed by atoms with E-state index in [9.17, 15) is 0 Å². The highest BCUT2D eigenvalue weighted by Gasteiger charge is 2.40. The van der Waals surface area contributed by atoms with Gasteiger partial charge in [-0.1, -0.05) is 0 Å². The Kier molecular flexibility index (Phi) is 11.6. The van der Waals surface area contributed by atoms with Crippen molar-refractivity contribution in [1.29, 1.82) is 0 Å². The summed E-state index contributed by atoms with van der Waals surface area (Å²) in [5.41, 5.74) is 0. The summed E-state index contributed by atoms with van der Waals surface area (Å²) in [7, 11) is 2.42. The Morgan fingerprint density at radius 1 is 0.944 bits per heavy atom. The van der Waals surface area contributed by atoms with Crippen molar-refractivity contribution in [3.63, 3.8) is 0 Å². The molecule has 0 saturated heterocycles. The molecule has 7 heteroatoms. The van der Waals surface area contributed by atoms with Crippen LogP contribution in [0.2, 0.25) is 6.04 Å². The van der Waals surface area contributed by atoms with Gasteiger partial charge in [-0.15, -0.1) is 0 Å². The van der Waals surface area contributed by atoms with Gasteiger partial charge in [-0.05, 0) is 13.8 Å². The van der Waals surface area contributed by atoms with E-state index in [0.29, 0.717) is 0 Å². The largest absolute Gasteiger partial charge is 1.00 e. The molecule has 1 N–H and O–H groups in total. The lowest BCUT2D eigenvalue weighted by molar-refractivity contribution is -0.923. The molecule has 5 nitrogen and oxygen atoms in total. The standard InChI is InChI=1S/C11H28NO4Si.ClH/c1-6-12(7-2,8-10-13)9-11-17(14-3,15-4)16-5;/h13H,6-11H2,1-5H3;1H/q+1;/p-1. The van der Waals surface area contributed by atoms with Gasteiger partial charge in [0.1, 0.15) is 6.54 Å². The van der Waals surface area contributed by atoms with E-state index >= 15 is 0 Å². The van der Waals surface area contributed by atoms with Crippen LogP contribution in [0.15, 0.2) is 0 Å². The van der Waals surface area contributed by atoms with Crippen LogP contribution in [0.25, 0.3) is 0 Å². The second-order valence-electron chi connectivity index (χ2n) is 4.19. The van der Waals surface area contributed by atoms with Crippen LogP contribution < -0.4 is 12.4 Å². The molecule has 0 radical (unpaired) electrons. The normalized spacial score (nSPS) is 12.3. The number of aliphatic hydroxyl groups excluding tert-OH is 1. The zero-order valence-corrected chi connectivity index (χ0v) is 14.0. The number of hydrogen-bond acceptors (Lipinski definition) is 4. The molecule has 0 aliphatic heterocycles. The van der Waals surface area contributed by atoms with Crippen LogP contribution in [0.1, 0.15) is 13.8 Å². The van der Waals surface area contributed by atoms with E-state index < -0.39 is 8.80 Å². The van der Waals surface area contributed by atoms with Crippen molar-refractivity contribution in [2.24, 2.45) is 0 Å². The molecule has 112 valence electrons. The summed E-state index contributed by atoms with van der Waals surface area (Å²) >= 11 is 0. The lowest BCUT2D eigenvalue weighted by Gasteiger charge is -2.38. The molecule has 0 aliphatic carbocycles. The number of nitrogens with zero attached hydrogens (tertiary/aromatic N) is 1. The van der Waals surface area contributed by atoms with Gasteiger partial charge in [0.05, 0.1) is 32.3 Å². The maximum Gasteiger partial charge on any atom is 0.505 e. The highest BCUT2D eigenvalue weighted by Crippen LogP contribution is 2.17. The van der Waals surface area contributed by atoms with Gasteiger partial charge in [-0.25, -0.2) is 0 Å². The Labute approximate surface area is 118 Å². The first-order chi connectivity index (χ1) is 8.07. The molecule has 0 rings (SSSR count). The van der Waals surface area contributed by atoms with E-state index in [2.05, 4.69) is 13.8 Å². The lowest BCUT2D eigenvalue weighted by atomic mass is 10.3. The molecule has 0 aromatic carbocycles. The van der Waals surface area contributed by atoms with Crippen molar-refractivity contribution in [3.05, 3.63) is 0 Å².